The molecule has 20 heavy (non-hydrogen) atoms. The van der Waals surface area contributed by atoms with Crippen LogP contribution in [0.5, 0.6) is 0 Å². The van der Waals surface area contributed by atoms with Gasteiger partial charge in [0.05, 0.1) is 0 Å². The monoisotopic (exact) mass is 275 g/mol. The number of nitrogens with one attached hydrogen (secondary N) is 1. The second-order valence-electron chi connectivity index (χ2n) is 6.13. The number of benzene rings is 1. The van der Waals surface area contributed by atoms with E-state index >= 15 is 0 Å². The van der Waals surface area contributed by atoms with Crippen LogP contribution in [0.25, 0.3) is 0 Å². The highest BCUT2D eigenvalue weighted by atomic mass is 14.9. The first-order valence-electron chi connectivity index (χ1n) is 8.44. The Morgan fingerprint density at radius 2 is 1.60 bits per heavy atom. The Labute approximate surface area is 126 Å². The van der Waals surface area contributed by atoms with Crippen molar-refractivity contribution >= 4 is 0 Å². The van der Waals surface area contributed by atoms with Gasteiger partial charge in [-0.25, -0.2) is 0 Å². The summed E-state index contributed by atoms with van der Waals surface area (Å²) in [4.78, 5) is 0. The third-order valence-electron chi connectivity index (χ3n) is 4.17. The lowest BCUT2D eigenvalue weighted by molar-refractivity contribution is 0.315. The Hall–Kier alpha value is -0.820. The predicted molar refractivity (Wildman–Crippen MR) is 90.3 cm³/mol. The molecule has 0 saturated carbocycles. The Bertz CT molecular complexity index is 377. The van der Waals surface area contributed by atoms with Crippen LogP contribution in [0.4, 0.5) is 0 Å². The van der Waals surface area contributed by atoms with Gasteiger partial charge in [0.25, 0.3) is 0 Å². The van der Waals surface area contributed by atoms with Gasteiger partial charge in [-0.1, -0.05) is 57.4 Å². The van der Waals surface area contributed by atoms with Crippen molar-refractivity contribution in [3.05, 3.63) is 34.9 Å². The maximum atomic E-state index is 3.82. The molecule has 1 aromatic carbocycles. The molecule has 0 aliphatic carbocycles. The average Bonchev–Trinajstić information content (AvgIpc) is 2.43. The highest BCUT2D eigenvalue weighted by molar-refractivity contribution is 5.33. The molecule has 0 radical (unpaired) electrons. The molecule has 114 valence electrons. The fourth-order valence-electron chi connectivity index (χ4n) is 3.14. The van der Waals surface area contributed by atoms with Gasteiger partial charge in [-0.05, 0) is 56.7 Å². The lowest BCUT2D eigenvalue weighted by Gasteiger charge is -2.30. The zero-order chi connectivity index (χ0) is 15.0. The molecule has 1 N–H and O–H groups in total. The van der Waals surface area contributed by atoms with Gasteiger partial charge in [0, 0.05) is 6.04 Å². The number of hydrogen-bond donors (Lipinski definition) is 1. The highest BCUT2D eigenvalue weighted by Gasteiger charge is 2.22. The largest absolute Gasteiger partial charge is 0.310 e. The van der Waals surface area contributed by atoms with Crippen molar-refractivity contribution in [1.82, 2.24) is 5.32 Å². The summed E-state index contributed by atoms with van der Waals surface area (Å²) in [5.74, 6) is 0.761. The first kappa shape index (κ1) is 17.2. The molecule has 1 rings (SSSR count). The summed E-state index contributed by atoms with van der Waals surface area (Å²) < 4.78 is 0. The van der Waals surface area contributed by atoms with E-state index in [-0.39, 0.29) is 0 Å². The van der Waals surface area contributed by atoms with Crippen molar-refractivity contribution < 1.29 is 0 Å². The summed E-state index contributed by atoms with van der Waals surface area (Å²) in [6.45, 7) is 12.4. The lowest BCUT2D eigenvalue weighted by atomic mass is 9.84. The van der Waals surface area contributed by atoms with Crippen LogP contribution >= 0.6 is 0 Å². The van der Waals surface area contributed by atoms with Crippen LogP contribution < -0.4 is 5.32 Å². The van der Waals surface area contributed by atoms with Gasteiger partial charge in [-0.15, -0.1) is 0 Å². The quantitative estimate of drug-likeness (QED) is 0.622. The Balaban J connectivity index is 3.04. The van der Waals surface area contributed by atoms with Crippen molar-refractivity contribution in [2.24, 2.45) is 5.92 Å². The van der Waals surface area contributed by atoms with E-state index in [9.17, 15) is 0 Å². The summed E-state index contributed by atoms with van der Waals surface area (Å²) in [5, 5.41) is 3.82. The molecule has 1 unspecified atom stereocenters. The minimum atomic E-state index is 0.523. The smallest absolute Gasteiger partial charge is 0.0351 e. The zero-order valence-corrected chi connectivity index (χ0v) is 14.1. The van der Waals surface area contributed by atoms with E-state index in [2.05, 4.69) is 58.1 Å². The van der Waals surface area contributed by atoms with E-state index < -0.39 is 0 Å². The van der Waals surface area contributed by atoms with Gasteiger partial charge in [-0.2, -0.15) is 0 Å². The average molecular weight is 275 g/mol. The van der Waals surface area contributed by atoms with Crippen molar-refractivity contribution in [2.45, 2.75) is 72.8 Å². The molecule has 1 aromatic rings. The van der Waals surface area contributed by atoms with Gasteiger partial charge < -0.3 is 5.32 Å². The Morgan fingerprint density at radius 1 is 0.950 bits per heavy atom. The topological polar surface area (TPSA) is 12.0 Å². The summed E-state index contributed by atoms with van der Waals surface area (Å²) in [6.07, 6.45) is 6.40. The van der Waals surface area contributed by atoms with E-state index in [1.165, 1.54) is 48.8 Å². The standard InChI is InChI=1S/C19H33N/c1-6-9-17(10-7-2)19(20-13-8-3)18-14-15(4)11-12-16(18)5/h11-12,14,17,19-20H,6-10,13H2,1-5H3. The third kappa shape index (κ3) is 4.94. The van der Waals surface area contributed by atoms with E-state index in [4.69, 9.17) is 0 Å². The fraction of sp³-hybridized carbons (Fsp3) is 0.684. The molecular formula is C19H33N. The maximum absolute atomic E-state index is 3.82. The number of rotatable bonds is 9. The van der Waals surface area contributed by atoms with E-state index in [0.717, 1.165) is 12.5 Å². The molecule has 0 amide bonds. The summed E-state index contributed by atoms with van der Waals surface area (Å²) in [7, 11) is 0. The molecule has 0 spiro atoms. The third-order valence-corrected chi connectivity index (χ3v) is 4.17. The summed E-state index contributed by atoms with van der Waals surface area (Å²) in [6, 6.07) is 7.42. The Kier molecular flexibility index (Phi) is 7.91. The van der Waals surface area contributed by atoms with Gasteiger partial charge in [0.1, 0.15) is 0 Å². The predicted octanol–water partition coefficient (Wildman–Crippen LogP) is 5.56. The first-order chi connectivity index (χ1) is 9.63. The second-order valence-corrected chi connectivity index (χ2v) is 6.13. The molecule has 0 saturated heterocycles. The fourth-order valence-corrected chi connectivity index (χ4v) is 3.14. The van der Waals surface area contributed by atoms with Crippen molar-refractivity contribution in [2.75, 3.05) is 6.54 Å². The van der Waals surface area contributed by atoms with Gasteiger partial charge in [-0.3, -0.25) is 0 Å². The van der Waals surface area contributed by atoms with Crippen LogP contribution in [0, 0.1) is 19.8 Å². The molecule has 0 aliphatic rings. The van der Waals surface area contributed by atoms with E-state index in [1.807, 2.05) is 0 Å². The van der Waals surface area contributed by atoms with Crippen LogP contribution in [0.15, 0.2) is 18.2 Å². The van der Waals surface area contributed by atoms with Crippen LogP contribution in [-0.4, -0.2) is 6.54 Å². The van der Waals surface area contributed by atoms with E-state index in [1.54, 1.807) is 0 Å². The molecule has 1 atom stereocenters. The molecular weight excluding hydrogens is 242 g/mol. The first-order valence-corrected chi connectivity index (χ1v) is 8.44. The minimum Gasteiger partial charge on any atom is -0.310 e. The summed E-state index contributed by atoms with van der Waals surface area (Å²) in [5.41, 5.74) is 4.33. The van der Waals surface area contributed by atoms with Gasteiger partial charge >= 0.3 is 0 Å². The molecule has 0 fully saturated rings. The molecule has 1 heteroatoms. The molecule has 0 heterocycles. The van der Waals surface area contributed by atoms with Crippen LogP contribution in [0.1, 0.15) is 75.6 Å². The number of aryl methyl sites for hydroxylation is 2. The van der Waals surface area contributed by atoms with Crippen LogP contribution in [0.2, 0.25) is 0 Å². The van der Waals surface area contributed by atoms with Gasteiger partial charge in [0.15, 0.2) is 0 Å². The molecule has 0 bridgehead atoms. The molecule has 0 aliphatic heterocycles. The van der Waals surface area contributed by atoms with Crippen LogP contribution in [-0.2, 0) is 0 Å². The lowest BCUT2D eigenvalue weighted by Crippen LogP contribution is -2.30. The normalized spacial score (nSPS) is 12.9. The number of hydrogen-bond acceptors (Lipinski definition) is 1. The maximum Gasteiger partial charge on any atom is 0.0351 e. The minimum absolute atomic E-state index is 0.523. The van der Waals surface area contributed by atoms with E-state index in [0.29, 0.717) is 6.04 Å². The van der Waals surface area contributed by atoms with Crippen molar-refractivity contribution in [1.29, 1.82) is 0 Å². The van der Waals surface area contributed by atoms with Crippen molar-refractivity contribution in [3.8, 4) is 0 Å². The second kappa shape index (κ2) is 9.18. The summed E-state index contributed by atoms with van der Waals surface area (Å²) >= 11 is 0. The van der Waals surface area contributed by atoms with Gasteiger partial charge in [0.2, 0.25) is 0 Å². The highest BCUT2D eigenvalue weighted by Crippen LogP contribution is 2.32. The Morgan fingerprint density at radius 3 is 2.15 bits per heavy atom. The molecule has 1 nitrogen and oxygen atoms in total. The van der Waals surface area contributed by atoms with Crippen LogP contribution in [0.3, 0.4) is 0 Å². The SMILES string of the molecule is CCCNC(c1cc(C)ccc1C)C(CCC)CCC. The zero-order valence-electron chi connectivity index (χ0n) is 14.1. The molecule has 0 aromatic heterocycles. The van der Waals surface area contributed by atoms with Crippen molar-refractivity contribution in [3.63, 3.8) is 0 Å².